The highest BCUT2D eigenvalue weighted by atomic mass is 32.1. The summed E-state index contributed by atoms with van der Waals surface area (Å²) >= 11 is 1.89. The number of rotatable bonds is 5. The van der Waals surface area contributed by atoms with Crippen LogP contribution >= 0.6 is 11.3 Å². The molecule has 0 fully saturated rings. The lowest BCUT2D eigenvalue weighted by Crippen LogP contribution is -2.47. The summed E-state index contributed by atoms with van der Waals surface area (Å²) in [4.78, 5) is 16.6. The van der Waals surface area contributed by atoms with Crippen LogP contribution in [-0.2, 0) is 0 Å². The normalized spacial score (nSPS) is 11.7. The first-order valence-electron chi connectivity index (χ1n) is 22.5. The highest BCUT2D eigenvalue weighted by Gasteiger charge is 2.27. The number of furan rings is 1. The van der Waals surface area contributed by atoms with Crippen LogP contribution in [0, 0.1) is 0 Å². The monoisotopic (exact) mass is 825 g/mol. The Morgan fingerprint density at radius 2 is 0.734 bits per heavy atom. The van der Waals surface area contributed by atoms with E-state index in [1.54, 1.807) is 0 Å². The van der Waals surface area contributed by atoms with E-state index in [2.05, 4.69) is 189 Å². The van der Waals surface area contributed by atoms with Gasteiger partial charge in [0.25, 0.3) is 0 Å². The van der Waals surface area contributed by atoms with Crippen LogP contribution < -0.4 is 76.5 Å². The molecule has 4 nitrogen and oxygen atoms in total. The molecule has 7 aromatic carbocycles. The van der Waals surface area contributed by atoms with Crippen LogP contribution in [0.25, 0.3) is 98.5 Å². The van der Waals surface area contributed by atoms with Crippen LogP contribution in [0.15, 0.2) is 83.3 Å². The van der Waals surface area contributed by atoms with Crippen LogP contribution in [0.2, 0.25) is 0 Å². The fourth-order valence-electron chi connectivity index (χ4n) is 10.3. The van der Waals surface area contributed by atoms with E-state index in [4.69, 9.17) is 19.4 Å². The van der Waals surface area contributed by atoms with Gasteiger partial charge >= 0.3 is 0 Å². The Labute approximate surface area is 392 Å². The summed E-state index contributed by atoms with van der Waals surface area (Å²) < 4.78 is 9.44. The van der Waals surface area contributed by atoms with E-state index in [0.29, 0.717) is 17.5 Å². The fraction of sp³-hybridized carbons (Fsp3) is 0. The molecule has 3 heterocycles. The molecule has 0 bridgehead atoms. The van der Waals surface area contributed by atoms with Gasteiger partial charge in [0.15, 0.2) is 17.5 Å². The predicted molar refractivity (Wildman–Crippen MR) is 322 cm³/mol. The van der Waals surface area contributed by atoms with E-state index in [9.17, 15) is 0 Å². The van der Waals surface area contributed by atoms with Gasteiger partial charge in [0.05, 0.1) is 0 Å². The second-order valence-electron chi connectivity index (χ2n) is 18.4. The number of fused-ring (bicyclic) bond motifs is 6. The molecule has 0 aliphatic rings. The van der Waals surface area contributed by atoms with Gasteiger partial charge in [-0.2, -0.15) is 0 Å². The Bertz CT molecular complexity index is 3670. The molecule has 290 valence electrons. The standard InChI is InChI=1S/C45H41B14N3OS/c46-25-19-20-26(47)32(53)34(55)37(58)40(20)63-39(19)36(57)29(50)23(25)44-60-43(18-8-4-7-17(13-18)16-11-9-15(10-12-16)14-5-2-1-3-6-14)61-45(62-44)24-30(51)31(52)27(48)21-22-28(49)33(54)35(56)38(59)42(22)64-41(21)24/h1-13H,46-59H2. The predicted octanol–water partition coefficient (Wildman–Crippen LogP) is -11.9. The summed E-state index contributed by atoms with van der Waals surface area (Å²) in [5, 5.41) is 5.01. The van der Waals surface area contributed by atoms with Crippen molar-refractivity contribution in [3.8, 4) is 56.4 Å². The highest BCUT2D eigenvalue weighted by molar-refractivity contribution is 7.28. The van der Waals surface area contributed by atoms with Crippen LogP contribution in [0.1, 0.15) is 0 Å². The maximum absolute atomic E-state index is 6.86. The zero-order chi connectivity index (χ0) is 45.2. The molecule has 0 saturated heterocycles. The van der Waals surface area contributed by atoms with Crippen molar-refractivity contribution in [2.24, 2.45) is 0 Å². The maximum atomic E-state index is 6.86. The minimum atomic E-state index is 0.654. The highest BCUT2D eigenvalue weighted by Crippen LogP contribution is 2.37. The second-order valence-corrected chi connectivity index (χ2v) is 19.4. The van der Waals surface area contributed by atoms with Crippen molar-refractivity contribution in [3.63, 3.8) is 0 Å². The Balaban J connectivity index is 1.27. The number of hydrogen-bond acceptors (Lipinski definition) is 5. The SMILES string of the molecule is Bc1c(B)c(B)c2c(oc3c(B)c(B)c(-c4nc(-c5cccc(-c6ccc(-c7ccccc7)cc6)c5)nc(-c5c(B)c(B)c(B)c6c5sc5c(B)c(B)c(B)c(B)c56)n4)c(B)c32)c1B. The zero-order valence-electron chi connectivity index (χ0n) is 39.7. The van der Waals surface area contributed by atoms with Crippen LogP contribution in [0.5, 0.6) is 0 Å². The minimum Gasteiger partial charge on any atom is -0.457 e. The van der Waals surface area contributed by atoms with Crippen molar-refractivity contribution in [2.45, 2.75) is 0 Å². The summed E-state index contributed by atoms with van der Waals surface area (Å²) in [6.45, 7) is 0. The quantitative estimate of drug-likeness (QED) is 0.162. The average molecular weight is 823 g/mol. The molecule has 3 aromatic heterocycles. The van der Waals surface area contributed by atoms with Crippen molar-refractivity contribution >= 4 is 240 Å². The third kappa shape index (κ3) is 6.27. The number of hydrogen-bond donors (Lipinski definition) is 0. The van der Waals surface area contributed by atoms with Gasteiger partial charge in [0.1, 0.15) is 121 Å². The molecular weight excluding hydrogens is 782 g/mol. The van der Waals surface area contributed by atoms with E-state index < -0.39 is 0 Å². The van der Waals surface area contributed by atoms with E-state index >= 15 is 0 Å². The Kier molecular flexibility index (Phi) is 10.3. The zero-order valence-corrected chi connectivity index (χ0v) is 40.5. The van der Waals surface area contributed by atoms with E-state index in [0.717, 1.165) is 60.8 Å². The van der Waals surface area contributed by atoms with Crippen LogP contribution in [0.4, 0.5) is 0 Å². The van der Waals surface area contributed by atoms with Gasteiger partial charge in [-0.05, 0) is 39.1 Å². The average Bonchev–Trinajstić information content (AvgIpc) is 3.92. The number of benzene rings is 7. The molecule has 0 N–H and O–H groups in total. The molecule has 19 heteroatoms. The minimum absolute atomic E-state index is 0.654. The summed E-state index contributed by atoms with van der Waals surface area (Å²) in [5.74, 6) is 2.03. The van der Waals surface area contributed by atoms with Gasteiger partial charge in [-0.3, -0.25) is 0 Å². The van der Waals surface area contributed by atoms with Gasteiger partial charge < -0.3 is 4.42 Å². The van der Waals surface area contributed by atoms with Crippen molar-refractivity contribution < 1.29 is 4.42 Å². The third-order valence-corrected chi connectivity index (χ3v) is 16.6. The summed E-state index contributed by atoms with van der Waals surface area (Å²) in [6.07, 6.45) is 0. The maximum Gasteiger partial charge on any atom is 0.164 e. The lowest BCUT2D eigenvalue weighted by atomic mass is 9.64. The molecule has 0 amide bonds. The second kappa shape index (κ2) is 15.6. The molecule has 0 aliphatic heterocycles. The Hall–Kier alpha value is -5.52. The topological polar surface area (TPSA) is 51.8 Å². The first kappa shape index (κ1) is 42.4. The molecule has 0 atom stereocenters. The van der Waals surface area contributed by atoms with Gasteiger partial charge in [0, 0.05) is 36.9 Å². The molecule has 0 radical (unpaired) electrons. The molecule has 10 aromatic rings. The van der Waals surface area contributed by atoms with Gasteiger partial charge in [-0.25, -0.2) is 15.0 Å². The van der Waals surface area contributed by atoms with Crippen molar-refractivity contribution in [1.82, 2.24) is 15.0 Å². The van der Waals surface area contributed by atoms with Crippen LogP contribution in [-0.4, -0.2) is 125 Å². The smallest absolute Gasteiger partial charge is 0.164 e. The third-order valence-electron chi connectivity index (χ3n) is 15.3. The van der Waals surface area contributed by atoms with Gasteiger partial charge in [0.2, 0.25) is 0 Å². The number of nitrogens with zero attached hydrogens (tertiary/aromatic N) is 3. The molecular formula is C45H41B14N3OS. The first-order chi connectivity index (χ1) is 30.6. The number of aromatic nitrogens is 3. The summed E-state index contributed by atoms with van der Waals surface area (Å²) in [5.41, 5.74) is 27.2. The van der Waals surface area contributed by atoms with Crippen LogP contribution in [0.3, 0.4) is 0 Å². The number of thiophene rings is 1. The Morgan fingerprint density at radius 3 is 1.38 bits per heavy atom. The molecule has 0 aliphatic carbocycles. The molecule has 0 spiro atoms. The first-order valence-corrected chi connectivity index (χ1v) is 23.3. The molecule has 0 saturated carbocycles. The Morgan fingerprint density at radius 1 is 0.312 bits per heavy atom. The van der Waals surface area contributed by atoms with Crippen molar-refractivity contribution in [3.05, 3.63) is 78.9 Å². The van der Waals surface area contributed by atoms with Crippen molar-refractivity contribution in [2.75, 3.05) is 0 Å². The van der Waals surface area contributed by atoms with E-state index in [1.807, 2.05) is 11.3 Å². The summed E-state index contributed by atoms with van der Waals surface area (Å²) in [6, 6.07) is 28.0. The lowest BCUT2D eigenvalue weighted by molar-refractivity contribution is 0.675. The molecule has 64 heavy (non-hydrogen) atoms. The summed E-state index contributed by atoms with van der Waals surface area (Å²) in [7, 11) is 31.4. The molecule has 10 rings (SSSR count). The fourth-order valence-corrected chi connectivity index (χ4v) is 11.9. The van der Waals surface area contributed by atoms with Crippen molar-refractivity contribution in [1.29, 1.82) is 0 Å². The van der Waals surface area contributed by atoms with Gasteiger partial charge in [-0.15, -0.1) is 27.7 Å². The van der Waals surface area contributed by atoms with E-state index in [1.165, 1.54) is 96.8 Å². The largest absolute Gasteiger partial charge is 0.457 e. The van der Waals surface area contributed by atoms with Gasteiger partial charge in [-0.1, -0.05) is 133 Å². The molecule has 0 unspecified atom stereocenters. The van der Waals surface area contributed by atoms with E-state index in [-0.39, 0.29) is 0 Å². The lowest BCUT2D eigenvalue weighted by Gasteiger charge is -2.19.